The lowest BCUT2D eigenvalue weighted by Crippen LogP contribution is -2.29. The number of methoxy groups -OCH3 is 1. The fraction of sp³-hybridized carbons (Fsp3) is 0.200. The third kappa shape index (κ3) is 2.22. The Morgan fingerprint density at radius 1 is 1.17 bits per heavy atom. The quantitative estimate of drug-likeness (QED) is 0.722. The predicted octanol–water partition coefficient (Wildman–Crippen LogP) is 3.75. The van der Waals surface area contributed by atoms with Crippen LogP contribution in [0.4, 0.5) is 5.82 Å². The van der Waals surface area contributed by atoms with Crippen molar-refractivity contribution in [1.29, 1.82) is 0 Å². The lowest BCUT2D eigenvalue weighted by molar-refractivity contribution is 0.0986. The highest BCUT2D eigenvalue weighted by atomic mass is 16.5. The summed E-state index contributed by atoms with van der Waals surface area (Å²) in [4.78, 5) is 19.6. The summed E-state index contributed by atoms with van der Waals surface area (Å²) in [6, 6.07) is 15.6. The molecule has 4 rings (SSSR count). The molecule has 0 radical (unpaired) electrons. The number of nitrogens with zero attached hydrogens (tertiary/aromatic N) is 2. The maximum absolute atomic E-state index is 13.0. The van der Waals surface area contributed by atoms with Crippen molar-refractivity contribution in [2.45, 2.75) is 13.3 Å². The zero-order valence-electron chi connectivity index (χ0n) is 13.7. The minimum absolute atomic E-state index is 0.0633. The van der Waals surface area contributed by atoms with Crippen molar-refractivity contribution < 1.29 is 9.53 Å². The molecule has 1 aromatic heterocycles. The van der Waals surface area contributed by atoms with Gasteiger partial charge in [-0.1, -0.05) is 30.3 Å². The molecule has 24 heavy (non-hydrogen) atoms. The Morgan fingerprint density at radius 2 is 2.00 bits per heavy atom. The summed E-state index contributed by atoms with van der Waals surface area (Å²) in [5, 5.41) is 1.13. The number of hydrogen-bond acceptors (Lipinski definition) is 3. The molecule has 2 heterocycles. The molecular weight excluding hydrogens is 300 g/mol. The van der Waals surface area contributed by atoms with E-state index in [1.54, 1.807) is 18.1 Å². The van der Waals surface area contributed by atoms with Gasteiger partial charge in [0.05, 0.1) is 18.2 Å². The normalized spacial score (nSPS) is 13.2. The van der Waals surface area contributed by atoms with E-state index in [2.05, 4.69) is 12.1 Å². The first-order valence-electron chi connectivity index (χ1n) is 8.03. The average molecular weight is 318 g/mol. The highest BCUT2D eigenvalue weighted by Gasteiger charge is 2.29. The largest absolute Gasteiger partial charge is 0.496 e. The summed E-state index contributed by atoms with van der Waals surface area (Å²) >= 11 is 0. The van der Waals surface area contributed by atoms with Gasteiger partial charge in [0.1, 0.15) is 11.6 Å². The van der Waals surface area contributed by atoms with Crippen molar-refractivity contribution in [1.82, 2.24) is 4.98 Å². The second-order valence-electron chi connectivity index (χ2n) is 6.02. The molecule has 3 aromatic rings. The van der Waals surface area contributed by atoms with Crippen LogP contribution in [0.1, 0.15) is 21.5 Å². The van der Waals surface area contributed by atoms with Gasteiger partial charge in [0.2, 0.25) is 0 Å². The number of amides is 1. The SMILES string of the molecule is COc1ccccc1C(=O)N1CCc2cc3cccc(C)c3nc21. The number of benzene rings is 2. The standard InChI is InChI=1S/C20H18N2O2/c1-13-6-5-7-14-12-15-10-11-22(19(15)21-18(13)14)20(23)16-8-3-4-9-17(16)24-2/h3-9,12H,10-11H2,1-2H3. The molecule has 4 nitrogen and oxygen atoms in total. The van der Waals surface area contributed by atoms with Crippen LogP contribution < -0.4 is 9.64 Å². The molecule has 0 saturated carbocycles. The van der Waals surface area contributed by atoms with Crippen LogP contribution in [-0.2, 0) is 6.42 Å². The summed E-state index contributed by atoms with van der Waals surface area (Å²) in [5.74, 6) is 1.30. The minimum atomic E-state index is -0.0633. The number of ether oxygens (including phenoxy) is 1. The molecule has 0 saturated heterocycles. The smallest absolute Gasteiger partial charge is 0.263 e. The van der Waals surface area contributed by atoms with Gasteiger partial charge in [0.15, 0.2) is 0 Å². The summed E-state index contributed by atoms with van der Waals surface area (Å²) in [7, 11) is 1.58. The van der Waals surface area contributed by atoms with Crippen molar-refractivity contribution in [2.75, 3.05) is 18.6 Å². The predicted molar refractivity (Wildman–Crippen MR) is 94.9 cm³/mol. The van der Waals surface area contributed by atoms with Crippen LogP contribution in [-0.4, -0.2) is 24.5 Å². The lowest BCUT2D eigenvalue weighted by Gasteiger charge is -2.18. The Hall–Kier alpha value is -2.88. The number of rotatable bonds is 2. The van der Waals surface area contributed by atoms with Gasteiger partial charge in [-0.2, -0.15) is 0 Å². The Labute approximate surface area is 140 Å². The van der Waals surface area contributed by atoms with Crippen LogP contribution in [0.15, 0.2) is 48.5 Å². The van der Waals surface area contributed by atoms with Crippen LogP contribution in [0.5, 0.6) is 5.75 Å². The highest BCUT2D eigenvalue weighted by Crippen LogP contribution is 2.32. The van der Waals surface area contributed by atoms with Gasteiger partial charge in [0.25, 0.3) is 5.91 Å². The van der Waals surface area contributed by atoms with Crippen molar-refractivity contribution in [3.8, 4) is 5.75 Å². The first-order valence-corrected chi connectivity index (χ1v) is 8.03. The molecule has 0 bridgehead atoms. The van der Waals surface area contributed by atoms with Crippen molar-refractivity contribution in [2.24, 2.45) is 0 Å². The first kappa shape index (κ1) is 14.7. The number of aryl methyl sites for hydroxylation is 1. The van der Waals surface area contributed by atoms with Crippen molar-refractivity contribution >= 4 is 22.6 Å². The third-order valence-corrected chi connectivity index (χ3v) is 4.55. The van der Waals surface area contributed by atoms with E-state index in [-0.39, 0.29) is 5.91 Å². The monoisotopic (exact) mass is 318 g/mol. The molecule has 0 fully saturated rings. The molecule has 4 heteroatoms. The summed E-state index contributed by atoms with van der Waals surface area (Å²) in [6.07, 6.45) is 0.826. The second kappa shape index (κ2) is 5.64. The van der Waals surface area contributed by atoms with Gasteiger partial charge in [-0.25, -0.2) is 4.98 Å². The van der Waals surface area contributed by atoms with E-state index in [1.807, 2.05) is 37.3 Å². The fourth-order valence-electron chi connectivity index (χ4n) is 3.30. The van der Waals surface area contributed by atoms with Gasteiger partial charge in [-0.3, -0.25) is 9.69 Å². The van der Waals surface area contributed by atoms with E-state index >= 15 is 0 Å². The average Bonchev–Trinajstić information content (AvgIpc) is 3.03. The summed E-state index contributed by atoms with van der Waals surface area (Å²) < 4.78 is 5.34. The van der Waals surface area contributed by atoms with Crippen molar-refractivity contribution in [3.63, 3.8) is 0 Å². The van der Waals surface area contributed by atoms with E-state index in [4.69, 9.17) is 9.72 Å². The van der Waals surface area contributed by atoms with Crippen LogP contribution in [0.25, 0.3) is 10.9 Å². The number of fused-ring (bicyclic) bond motifs is 2. The number of carbonyl (C=O) groups is 1. The van der Waals surface area contributed by atoms with Gasteiger partial charge in [-0.05, 0) is 42.7 Å². The highest BCUT2D eigenvalue weighted by molar-refractivity contribution is 6.09. The molecule has 1 amide bonds. The second-order valence-corrected chi connectivity index (χ2v) is 6.02. The van der Waals surface area contributed by atoms with E-state index in [1.165, 1.54) is 0 Å². The number of para-hydroxylation sites is 2. The summed E-state index contributed by atoms with van der Waals surface area (Å²) in [5.41, 5.74) is 3.76. The zero-order valence-corrected chi connectivity index (χ0v) is 13.7. The van der Waals surface area contributed by atoms with Crippen LogP contribution in [0.2, 0.25) is 0 Å². The molecule has 0 N–H and O–H groups in total. The van der Waals surface area contributed by atoms with E-state index in [9.17, 15) is 4.79 Å². The van der Waals surface area contributed by atoms with Crippen LogP contribution in [0.3, 0.4) is 0 Å². The Morgan fingerprint density at radius 3 is 2.83 bits per heavy atom. The molecular formula is C20H18N2O2. The van der Waals surface area contributed by atoms with Gasteiger partial charge in [0, 0.05) is 11.9 Å². The lowest BCUT2D eigenvalue weighted by atomic mass is 10.1. The minimum Gasteiger partial charge on any atom is -0.496 e. The van der Waals surface area contributed by atoms with Gasteiger partial charge in [-0.15, -0.1) is 0 Å². The summed E-state index contributed by atoms with van der Waals surface area (Å²) in [6.45, 7) is 2.69. The topological polar surface area (TPSA) is 42.4 Å². The molecule has 1 aliphatic heterocycles. The molecule has 0 spiro atoms. The van der Waals surface area contributed by atoms with E-state index < -0.39 is 0 Å². The number of aromatic nitrogens is 1. The zero-order chi connectivity index (χ0) is 16.7. The molecule has 0 atom stereocenters. The van der Waals surface area contributed by atoms with E-state index in [0.717, 1.165) is 34.3 Å². The molecule has 120 valence electrons. The van der Waals surface area contributed by atoms with E-state index in [0.29, 0.717) is 17.9 Å². The number of pyridine rings is 1. The maximum atomic E-state index is 13.0. The fourth-order valence-corrected chi connectivity index (χ4v) is 3.30. The molecule has 2 aromatic carbocycles. The molecule has 1 aliphatic rings. The van der Waals surface area contributed by atoms with Crippen LogP contribution in [0, 0.1) is 6.92 Å². The number of carbonyl (C=O) groups excluding carboxylic acids is 1. The van der Waals surface area contributed by atoms with Gasteiger partial charge >= 0.3 is 0 Å². The van der Waals surface area contributed by atoms with Crippen LogP contribution >= 0.6 is 0 Å². The maximum Gasteiger partial charge on any atom is 0.263 e. The molecule has 0 aliphatic carbocycles. The van der Waals surface area contributed by atoms with Gasteiger partial charge < -0.3 is 4.74 Å². The Balaban J connectivity index is 1.81. The van der Waals surface area contributed by atoms with Crippen molar-refractivity contribution in [3.05, 3.63) is 65.2 Å². The Kier molecular flexibility index (Phi) is 3.45. The Bertz CT molecular complexity index is 950. The number of hydrogen-bond donors (Lipinski definition) is 0. The number of anilines is 1. The molecule has 0 unspecified atom stereocenters. The third-order valence-electron chi connectivity index (χ3n) is 4.55. The first-order chi connectivity index (χ1) is 11.7.